The number of rotatable bonds is 6. The summed E-state index contributed by atoms with van der Waals surface area (Å²) >= 11 is 13.2. The van der Waals surface area contributed by atoms with E-state index in [0.717, 1.165) is 22.6 Å². The summed E-state index contributed by atoms with van der Waals surface area (Å²) in [5.41, 5.74) is 2.60. The second-order valence-electron chi connectivity index (χ2n) is 5.85. The average molecular weight is 421 g/mol. The van der Waals surface area contributed by atoms with E-state index in [1.54, 1.807) is 12.1 Å². The van der Waals surface area contributed by atoms with Gasteiger partial charge in [0.25, 0.3) is 0 Å². The van der Waals surface area contributed by atoms with E-state index >= 15 is 0 Å². The van der Waals surface area contributed by atoms with Crippen molar-refractivity contribution in [2.24, 2.45) is 0 Å². The van der Waals surface area contributed by atoms with Crippen LogP contribution < -0.4 is 5.32 Å². The SMILES string of the molecule is CCn1c(SCC(=O)Nc2ccc(Cl)cc2C)nnc1-c1ccc(Cl)cc1. The third-order valence-corrected chi connectivity index (χ3v) is 5.38. The number of hydrogen-bond donors (Lipinski definition) is 1. The second kappa shape index (κ2) is 8.78. The molecule has 5 nitrogen and oxygen atoms in total. The number of halogens is 2. The van der Waals surface area contributed by atoms with Crippen molar-refractivity contribution in [3.63, 3.8) is 0 Å². The van der Waals surface area contributed by atoms with Crippen LogP contribution in [0.2, 0.25) is 10.0 Å². The normalized spacial score (nSPS) is 10.8. The maximum absolute atomic E-state index is 12.3. The van der Waals surface area contributed by atoms with Gasteiger partial charge in [0, 0.05) is 27.8 Å². The highest BCUT2D eigenvalue weighted by atomic mass is 35.5. The maximum Gasteiger partial charge on any atom is 0.234 e. The molecule has 0 saturated heterocycles. The second-order valence-corrected chi connectivity index (χ2v) is 7.67. The summed E-state index contributed by atoms with van der Waals surface area (Å²) in [7, 11) is 0. The minimum absolute atomic E-state index is 0.107. The van der Waals surface area contributed by atoms with Crippen molar-refractivity contribution in [1.82, 2.24) is 14.8 Å². The van der Waals surface area contributed by atoms with Crippen LogP contribution in [0.4, 0.5) is 5.69 Å². The Labute approximate surface area is 172 Å². The molecule has 0 spiro atoms. The zero-order chi connectivity index (χ0) is 19.4. The first-order valence-electron chi connectivity index (χ1n) is 8.36. The Bertz CT molecular complexity index is 957. The van der Waals surface area contributed by atoms with Crippen LogP contribution in [0.3, 0.4) is 0 Å². The van der Waals surface area contributed by atoms with Gasteiger partial charge in [-0.3, -0.25) is 4.79 Å². The Hall–Kier alpha value is -2.02. The zero-order valence-corrected chi connectivity index (χ0v) is 17.2. The Morgan fingerprint density at radius 3 is 2.48 bits per heavy atom. The molecule has 27 heavy (non-hydrogen) atoms. The molecule has 140 valence electrons. The van der Waals surface area contributed by atoms with Crippen LogP contribution in [0.1, 0.15) is 12.5 Å². The van der Waals surface area contributed by atoms with Gasteiger partial charge in [-0.25, -0.2) is 0 Å². The number of benzene rings is 2. The third kappa shape index (κ3) is 4.83. The Kier molecular flexibility index (Phi) is 6.42. The van der Waals surface area contributed by atoms with Gasteiger partial charge in [-0.05, 0) is 61.9 Å². The van der Waals surface area contributed by atoms with Crippen LogP contribution in [0.15, 0.2) is 47.6 Å². The first-order chi connectivity index (χ1) is 13.0. The van der Waals surface area contributed by atoms with Gasteiger partial charge >= 0.3 is 0 Å². The molecule has 2 aromatic carbocycles. The Balaban J connectivity index is 1.69. The van der Waals surface area contributed by atoms with Gasteiger partial charge in [0.2, 0.25) is 5.91 Å². The van der Waals surface area contributed by atoms with Crippen molar-refractivity contribution < 1.29 is 4.79 Å². The highest BCUT2D eigenvalue weighted by Crippen LogP contribution is 2.25. The Morgan fingerprint density at radius 1 is 1.11 bits per heavy atom. The van der Waals surface area contributed by atoms with Gasteiger partial charge in [0.05, 0.1) is 5.75 Å². The maximum atomic E-state index is 12.3. The summed E-state index contributed by atoms with van der Waals surface area (Å²) in [5, 5.41) is 13.4. The number of aryl methyl sites for hydroxylation is 1. The molecule has 3 aromatic rings. The molecule has 0 aliphatic heterocycles. The largest absolute Gasteiger partial charge is 0.325 e. The van der Waals surface area contributed by atoms with Crippen LogP contribution in [-0.4, -0.2) is 26.4 Å². The number of anilines is 1. The summed E-state index contributed by atoms with van der Waals surface area (Å²) < 4.78 is 1.98. The molecule has 0 fully saturated rings. The predicted molar refractivity (Wildman–Crippen MR) is 112 cm³/mol. The lowest BCUT2D eigenvalue weighted by Gasteiger charge is -2.09. The van der Waals surface area contributed by atoms with Crippen molar-refractivity contribution in [2.45, 2.75) is 25.5 Å². The van der Waals surface area contributed by atoms with Crippen LogP contribution in [0, 0.1) is 6.92 Å². The molecular formula is C19H18Cl2N4OS. The first-order valence-corrected chi connectivity index (χ1v) is 10.1. The molecule has 3 rings (SSSR count). The van der Waals surface area contributed by atoms with Crippen LogP contribution in [0.5, 0.6) is 0 Å². The lowest BCUT2D eigenvalue weighted by molar-refractivity contribution is -0.113. The van der Waals surface area contributed by atoms with E-state index in [-0.39, 0.29) is 11.7 Å². The van der Waals surface area contributed by atoms with Gasteiger partial charge in [-0.15, -0.1) is 10.2 Å². The summed E-state index contributed by atoms with van der Waals surface area (Å²) in [6.45, 7) is 4.62. The van der Waals surface area contributed by atoms with Crippen LogP contribution in [0.25, 0.3) is 11.4 Å². The number of nitrogens with zero attached hydrogens (tertiary/aromatic N) is 3. The van der Waals surface area contributed by atoms with Crippen molar-refractivity contribution in [3.05, 3.63) is 58.1 Å². The summed E-state index contributed by atoms with van der Waals surface area (Å²) in [6, 6.07) is 12.8. The van der Waals surface area contributed by atoms with E-state index in [1.807, 2.05) is 48.7 Å². The molecule has 1 heterocycles. The number of aromatic nitrogens is 3. The van der Waals surface area contributed by atoms with Crippen molar-refractivity contribution in [3.8, 4) is 11.4 Å². The van der Waals surface area contributed by atoms with Crippen LogP contribution in [-0.2, 0) is 11.3 Å². The predicted octanol–water partition coefficient (Wildman–Crippen LogP) is 5.31. The average Bonchev–Trinajstić information content (AvgIpc) is 3.06. The minimum atomic E-state index is -0.107. The van der Waals surface area contributed by atoms with Crippen LogP contribution >= 0.6 is 35.0 Å². The highest BCUT2D eigenvalue weighted by molar-refractivity contribution is 7.99. The van der Waals surface area contributed by atoms with E-state index in [1.165, 1.54) is 11.8 Å². The third-order valence-electron chi connectivity index (χ3n) is 3.93. The smallest absolute Gasteiger partial charge is 0.234 e. The van der Waals surface area contributed by atoms with Crippen molar-refractivity contribution >= 4 is 46.6 Å². The van der Waals surface area contributed by atoms with E-state index in [2.05, 4.69) is 15.5 Å². The van der Waals surface area contributed by atoms with Gasteiger partial charge in [-0.1, -0.05) is 35.0 Å². The number of carbonyl (C=O) groups is 1. The molecule has 0 aliphatic rings. The molecule has 0 aliphatic carbocycles. The van der Waals surface area contributed by atoms with Gasteiger partial charge in [0.1, 0.15) is 0 Å². The molecule has 1 N–H and O–H groups in total. The fraction of sp³-hybridized carbons (Fsp3) is 0.211. The Morgan fingerprint density at radius 2 is 1.81 bits per heavy atom. The number of amides is 1. The minimum Gasteiger partial charge on any atom is -0.325 e. The number of carbonyl (C=O) groups excluding carboxylic acids is 1. The number of thioether (sulfide) groups is 1. The molecule has 0 saturated carbocycles. The molecule has 1 aromatic heterocycles. The summed E-state index contributed by atoms with van der Waals surface area (Å²) in [6.07, 6.45) is 0. The molecule has 8 heteroatoms. The summed E-state index contributed by atoms with van der Waals surface area (Å²) in [5.74, 6) is 0.885. The van der Waals surface area contributed by atoms with E-state index in [9.17, 15) is 4.79 Å². The van der Waals surface area contributed by atoms with E-state index in [0.29, 0.717) is 21.7 Å². The molecule has 0 unspecified atom stereocenters. The lowest BCUT2D eigenvalue weighted by Crippen LogP contribution is -2.15. The topological polar surface area (TPSA) is 59.8 Å². The van der Waals surface area contributed by atoms with E-state index < -0.39 is 0 Å². The number of hydrogen-bond acceptors (Lipinski definition) is 4. The standard InChI is InChI=1S/C19H18Cl2N4OS/c1-3-25-18(13-4-6-14(20)7-5-13)23-24-19(25)27-11-17(26)22-16-9-8-15(21)10-12(16)2/h4-10H,3,11H2,1-2H3,(H,22,26). The fourth-order valence-corrected chi connectivity index (χ4v) is 3.73. The van der Waals surface area contributed by atoms with Gasteiger partial charge in [-0.2, -0.15) is 0 Å². The molecule has 0 atom stereocenters. The van der Waals surface area contributed by atoms with Crippen molar-refractivity contribution in [1.29, 1.82) is 0 Å². The molecule has 0 bridgehead atoms. The van der Waals surface area contributed by atoms with Crippen molar-refractivity contribution in [2.75, 3.05) is 11.1 Å². The quantitative estimate of drug-likeness (QED) is 0.548. The summed E-state index contributed by atoms with van der Waals surface area (Å²) in [4.78, 5) is 12.3. The van der Waals surface area contributed by atoms with E-state index in [4.69, 9.17) is 23.2 Å². The fourth-order valence-electron chi connectivity index (χ4n) is 2.58. The first kappa shape index (κ1) is 19.7. The monoisotopic (exact) mass is 420 g/mol. The molecule has 1 amide bonds. The lowest BCUT2D eigenvalue weighted by atomic mass is 10.2. The molecular weight excluding hydrogens is 403 g/mol. The molecule has 0 radical (unpaired) electrons. The van der Waals surface area contributed by atoms with Gasteiger partial charge in [0.15, 0.2) is 11.0 Å². The zero-order valence-electron chi connectivity index (χ0n) is 14.9. The van der Waals surface area contributed by atoms with Gasteiger partial charge < -0.3 is 9.88 Å². The highest BCUT2D eigenvalue weighted by Gasteiger charge is 2.15. The number of nitrogens with one attached hydrogen (secondary N) is 1.